The van der Waals surface area contributed by atoms with Crippen molar-refractivity contribution in [2.75, 3.05) is 6.61 Å². The number of rotatable bonds is 10. The van der Waals surface area contributed by atoms with Gasteiger partial charge in [-0.25, -0.2) is 4.79 Å². The number of carbonyl (C=O) groups is 1. The van der Waals surface area contributed by atoms with E-state index in [2.05, 4.69) is 19.9 Å². The standard InChI is InChI=1S/C27H36O3/c1-3-5-6-7-18-30-24-15-12-22(13-16-24)26-19-23(14-17-25(26)27(28)29)21-10-8-20(4-2)9-11-21/h12-17,19-21H,3-11,18H2,1-2H3,(H,28,29). The lowest BCUT2D eigenvalue weighted by Crippen LogP contribution is -2.13. The van der Waals surface area contributed by atoms with Crippen molar-refractivity contribution in [2.45, 2.75) is 77.6 Å². The average molecular weight is 409 g/mol. The molecule has 1 fully saturated rings. The summed E-state index contributed by atoms with van der Waals surface area (Å²) in [5.74, 6) is 1.37. The molecule has 2 aromatic rings. The summed E-state index contributed by atoms with van der Waals surface area (Å²) in [5, 5.41) is 9.71. The summed E-state index contributed by atoms with van der Waals surface area (Å²) in [5.41, 5.74) is 3.40. The SMILES string of the molecule is CCCCCCOc1ccc(-c2cc(C3CCC(CC)CC3)ccc2C(=O)O)cc1. The van der Waals surface area contributed by atoms with Gasteiger partial charge < -0.3 is 9.84 Å². The second kappa shape index (κ2) is 11.2. The number of carboxylic acids is 1. The summed E-state index contributed by atoms with van der Waals surface area (Å²) in [6.45, 7) is 5.22. The third-order valence-electron chi connectivity index (χ3n) is 6.60. The number of hydrogen-bond acceptors (Lipinski definition) is 2. The molecule has 2 aromatic carbocycles. The van der Waals surface area contributed by atoms with Crippen LogP contribution in [0.3, 0.4) is 0 Å². The highest BCUT2D eigenvalue weighted by molar-refractivity contribution is 5.96. The third kappa shape index (κ3) is 5.87. The minimum Gasteiger partial charge on any atom is -0.494 e. The van der Waals surface area contributed by atoms with E-state index >= 15 is 0 Å². The predicted octanol–water partition coefficient (Wildman–Crippen LogP) is 7.69. The van der Waals surface area contributed by atoms with Gasteiger partial charge >= 0.3 is 5.97 Å². The van der Waals surface area contributed by atoms with Gasteiger partial charge in [-0.05, 0) is 78.8 Å². The molecule has 0 aliphatic heterocycles. The Bertz CT molecular complexity index is 801. The fourth-order valence-electron chi connectivity index (χ4n) is 4.59. The van der Waals surface area contributed by atoms with Gasteiger partial charge in [-0.15, -0.1) is 0 Å². The van der Waals surface area contributed by atoms with E-state index in [1.165, 1.54) is 56.9 Å². The molecular formula is C27H36O3. The molecular weight excluding hydrogens is 372 g/mol. The molecule has 1 saturated carbocycles. The number of carboxylic acid groups (broad SMARTS) is 1. The van der Waals surface area contributed by atoms with Crippen LogP contribution in [0.5, 0.6) is 5.75 Å². The van der Waals surface area contributed by atoms with Gasteiger partial charge in [0.25, 0.3) is 0 Å². The zero-order chi connectivity index (χ0) is 21.3. The second-order valence-corrected chi connectivity index (χ2v) is 8.67. The number of ether oxygens (including phenoxy) is 1. The predicted molar refractivity (Wildman–Crippen MR) is 123 cm³/mol. The van der Waals surface area contributed by atoms with E-state index in [-0.39, 0.29) is 0 Å². The van der Waals surface area contributed by atoms with Gasteiger partial charge in [0.15, 0.2) is 0 Å². The molecule has 0 unspecified atom stereocenters. The Kier molecular flexibility index (Phi) is 8.36. The summed E-state index contributed by atoms with van der Waals surface area (Å²) < 4.78 is 5.84. The molecule has 3 heteroatoms. The van der Waals surface area contributed by atoms with Crippen LogP contribution in [0.2, 0.25) is 0 Å². The molecule has 0 radical (unpaired) electrons. The summed E-state index contributed by atoms with van der Waals surface area (Å²) in [4.78, 5) is 11.8. The van der Waals surface area contributed by atoms with Gasteiger partial charge in [-0.2, -0.15) is 0 Å². The summed E-state index contributed by atoms with van der Waals surface area (Å²) in [7, 11) is 0. The second-order valence-electron chi connectivity index (χ2n) is 8.67. The van der Waals surface area contributed by atoms with E-state index < -0.39 is 5.97 Å². The summed E-state index contributed by atoms with van der Waals surface area (Å²) in [6, 6.07) is 13.8. The molecule has 162 valence electrons. The molecule has 0 spiro atoms. The van der Waals surface area contributed by atoms with E-state index in [4.69, 9.17) is 4.74 Å². The first-order chi connectivity index (χ1) is 14.6. The fraction of sp³-hybridized carbons (Fsp3) is 0.519. The van der Waals surface area contributed by atoms with Crippen molar-refractivity contribution in [1.82, 2.24) is 0 Å². The molecule has 0 saturated heterocycles. The van der Waals surface area contributed by atoms with Gasteiger partial charge in [0.2, 0.25) is 0 Å². The highest BCUT2D eigenvalue weighted by Crippen LogP contribution is 2.39. The van der Waals surface area contributed by atoms with E-state index in [1.807, 2.05) is 30.3 Å². The first kappa shape index (κ1) is 22.4. The normalized spacial score (nSPS) is 18.9. The van der Waals surface area contributed by atoms with Gasteiger partial charge in [-0.3, -0.25) is 0 Å². The smallest absolute Gasteiger partial charge is 0.336 e. The molecule has 0 heterocycles. The maximum Gasteiger partial charge on any atom is 0.336 e. The van der Waals surface area contributed by atoms with Crippen LogP contribution in [0.25, 0.3) is 11.1 Å². The van der Waals surface area contributed by atoms with E-state index in [9.17, 15) is 9.90 Å². The number of aromatic carboxylic acids is 1. The van der Waals surface area contributed by atoms with E-state index in [0.717, 1.165) is 35.8 Å². The van der Waals surface area contributed by atoms with Crippen molar-refractivity contribution in [3.8, 4) is 16.9 Å². The zero-order valence-corrected chi connectivity index (χ0v) is 18.5. The Labute approximate surface area is 181 Å². The quantitative estimate of drug-likeness (QED) is 0.410. The maximum absolute atomic E-state index is 11.8. The molecule has 0 aromatic heterocycles. The van der Waals surface area contributed by atoms with Crippen LogP contribution in [0.4, 0.5) is 0 Å². The Hall–Kier alpha value is -2.29. The summed E-state index contributed by atoms with van der Waals surface area (Å²) >= 11 is 0. The highest BCUT2D eigenvalue weighted by atomic mass is 16.5. The van der Waals surface area contributed by atoms with Crippen LogP contribution in [0.15, 0.2) is 42.5 Å². The van der Waals surface area contributed by atoms with Gasteiger partial charge in [0.1, 0.15) is 5.75 Å². The van der Waals surface area contributed by atoms with Gasteiger partial charge in [0.05, 0.1) is 12.2 Å². The first-order valence-electron chi connectivity index (χ1n) is 11.7. The van der Waals surface area contributed by atoms with Crippen molar-refractivity contribution in [1.29, 1.82) is 0 Å². The van der Waals surface area contributed by atoms with Gasteiger partial charge in [0, 0.05) is 0 Å². The van der Waals surface area contributed by atoms with Crippen LogP contribution < -0.4 is 4.74 Å². The minimum atomic E-state index is -0.873. The van der Waals surface area contributed by atoms with Crippen molar-refractivity contribution < 1.29 is 14.6 Å². The molecule has 3 nitrogen and oxygen atoms in total. The van der Waals surface area contributed by atoms with E-state index in [1.54, 1.807) is 6.07 Å². The fourth-order valence-corrected chi connectivity index (χ4v) is 4.59. The van der Waals surface area contributed by atoms with E-state index in [0.29, 0.717) is 11.5 Å². The molecule has 0 atom stereocenters. The Morgan fingerprint density at radius 2 is 1.70 bits per heavy atom. The van der Waals surface area contributed by atoms with Crippen LogP contribution in [-0.4, -0.2) is 17.7 Å². The van der Waals surface area contributed by atoms with Crippen molar-refractivity contribution in [2.24, 2.45) is 5.92 Å². The zero-order valence-electron chi connectivity index (χ0n) is 18.5. The van der Waals surface area contributed by atoms with Crippen molar-refractivity contribution in [3.63, 3.8) is 0 Å². The Morgan fingerprint density at radius 1 is 0.967 bits per heavy atom. The topological polar surface area (TPSA) is 46.5 Å². The van der Waals surface area contributed by atoms with Crippen molar-refractivity contribution >= 4 is 5.97 Å². The number of hydrogen-bond donors (Lipinski definition) is 1. The monoisotopic (exact) mass is 408 g/mol. The largest absolute Gasteiger partial charge is 0.494 e. The lowest BCUT2D eigenvalue weighted by Gasteiger charge is -2.28. The molecule has 1 N–H and O–H groups in total. The molecule has 0 amide bonds. The molecule has 30 heavy (non-hydrogen) atoms. The summed E-state index contributed by atoms with van der Waals surface area (Å²) in [6.07, 6.45) is 11.0. The Balaban J connectivity index is 1.74. The first-order valence-corrected chi connectivity index (χ1v) is 11.7. The number of benzene rings is 2. The van der Waals surface area contributed by atoms with Crippen LogP contribution in [-0.2, 0) is 0 Å². The van der Waals surface area contributed by atoms with Crippen LogP contribution in [0.1, 0.15) is 93.5 Å². The van der Waals surface area contributed by atoms with Crippen LogP contribution in [0, 0.1) is 5.92 Å². The lowest BCUT2D eigenvalue weighted by molar-refractivity contribution is 0.0697. The van der Waals surface area contributed by atoms with Gasteiger partial charge in [-0.1, -0.05) is 63.8 Å². The molecule has 3 rings (SSSR count). The van der Waals surface area contributed by atoms with Crippen molar-refractivity contribution in [3.05, 3.63) is 53.6 Å². The molecule has 0 bridgehead atoms. The number of unbranched alkanes of at least 4 members (excludes halogenated alkanes) is 3. The minimum absolute atomic E-state index is 0.370. The highest BCUT2D eigenvalue weighted by Gasteiger charge is 2.23. The van der Waals surface area contributed by atoms with Crippen LogP contribution >= 0.6 is 0 Å². The third-order valence-corrected chi connectivity index (χ3v) is 6.60. The lowest BCUT2D eigenvalue weighted by atomic mass is 9.77. The average Bonchev–Trinajstić information content (AvgIpc) is 2.79. The Morgan fingerprint density at radius 3 is 2.33 bits per heavy atom. The maximum atomic E-state index is 11.8. The molecule has 1 aliphatic rings. The molecule has 1 aliphatic carbocycles.